The van der Waals surface area contributed by atoms with Crippen LogP contribution in [-0.4, -0.2) is 33.3 Å². The molecule has 1 aromatic carbocycles. The molecule has 0 aliphatic heterocycles. The Balaban J connectivity index is 1.62. The quantitative estimate of drug-likeness (QED) is 0.495. The Morgan fingerprint density at radius 2 is 2.03 bits per heavy atom. The summed E-state index contributed by atoms with van der Waals surface area (Å²) in [6.07, 6.45) is 2.05. The first kappa shape index (κ1) is 19.4. The summed E-state index contributed by atoms with van der Waals surface area (Å²) in [6, 6.07) is 9.42. The van der Waals surface area contributed by atoms with Gasteiger partial charge in [0.05, 0.1) is 23.9 Å². The number of nitrogens with one attached hydrogen (secondary N) is 1. The molecule has 1 aliphatic carbocycles. The van der Waals surface area contributed by atoms with Crippen LogP contribution in [0.5, 0.6) is 5.75 Å². The average Bonchev–Trinajstić information content (AvgIpc) is 3.51. The van der Waals surface area contributed by atoms with Gasteiger partial charge in [-0.15, -0.1) is 0 Å². The van der Waals surface area contributed by atoms with Crippen molar-refractivity contribution in [1.29, 1.82) is 0 Å². The first-order chi connectivity index (χ1) is 14.0. The summed E-state index contributed by atoms with van der Waals surface area (Å²) < 4.78 is 7.29. The van der Waals surface area contributed by atoms with Crippen molar-refractivity contribution in [3.05, 3.63) is 51.9 Å². The number of carbonyl (C=O) groups excluding carboxylic acids is 1. The SMILES string of the molecule is COc1ccccc1NC(=O)CSc1nc(=O)c2c(C)cc(C)nc2n1C1CC1. The van der Waals surface area contributed by atoms with E-state index in [2.05, 4.69) is 15.3 Å². The van der Waals surface area contributed by atoms with Gasteiger partial charge in [-0.3, -0.25) is 9.59 Å². The van der Waals surface area contributed by atoms with Gasteiger partial charge in [-0.1, -0.05) is 23.9 Å². The molecule has 2 heterocycles. The molecular formula is C21H22N4O3S. The van der Waals surface area contributed by atoms with E-state index in [1.807, 2.05) is 36.6 Å². The van der Waals surface area contributed by atoms with Gasteiger partial charge in [0.1, 0.15) is 11.4 Å². The molecule has 2 aromatic heterocycles. The van der Waals surface area contributed by atoms with Gasteiger partial charge in [0.15, 0.2) is 5.16 Å². The van der Waals surface area contributed by atoms with Crippen LogP contribution < -0.4 is 15.6 Å². The Labute approximate surface area is 172 Å². The molecule has 29 heavy (non-hydrogen) atoms. The standard InChI is InChI=1S/C21H22N4O3S/c1-12-10-13(2)22-19-18(12)20(27)24-21(25(19)14-8-9-14)29-11-17(26)23-15-6-4-5-7-16(15)28-3/h4-7,10,14H,8-9,11H2,1-3H3,(H,23,26). The maximum absolute atomic E-state index is 12.7. The summed E-state index contributed by atoms with van der Waals surface area (Å²) in [5.74, 6) is 0.539. The Hall–Kier alpha value is -2.87. The van der Waals surface area contributed by atoms with Crippen LogP contribution in [0.3, 0.4) is 0 Å². The number of hydrogen-bond acceptors (Lipinski definition) is 6. The maximum Gasteiger partial charge on any atom is 0.283 e. The number of nitrogens with zero attached hydrogens (tertiary/aromatic N) is 3. The topological polar surface area (TPSA) is 86.1 Å². The second-order valence-corrected chi connectivity index (χ2v) is 8.06. The molecular weight excluding hydrogens is 388 g/mol. The molecule has 0 saturated heterocycles. The van der Waals surface area contributed by atoms with Crippen molar-refractivity contribution in [2.45, 2.75) is 37.9 Å². The minimum Gasteiger partial charge on any atom is -0.495 e. The molecule has 7 nitrogen and oxygen atoms in total. The van der Waals surface area contributed by atoms with Crippen molar-refractivity contribution >= 4 is 34.4 Å². The number of hydrogen-bond donors (Lipinski definition) is 1. The number of rotatable bonds is 6. The summed E-state index contributed by atoms with van der Waals surface area (Å²) in [7, 11) is 1.56. The zero-order valence-corrected chi connectivity index (χ0v) is 17.4. The lowest BCUT2D eigenvalue weighted by Crippen LogP contribution is -2.20. The van der Waals surface area contributed by atoms with Gasteiger partial charge in [0, 0.05) is 11.7 Å². The van der Waals surface area contributed by atoms with E-state index in [0.717, 1.165) is 24.1 Å². The van der Waals surface area contributed by atoms with Crippen molar-refractivity contribution in [2.24, 2.45) is 0 Å². The fraction of sp³-hybridized carbons (Fsp3) is 0.333. The van der Waals surface area contributed by atoms with Crippen molar-refractivity contribution < 1.29 is 9.53 Å². The van der Waals surface area contributed by atoms with E-state index >= 15 is 0 Å². The molecule has 8 heteroatoms. The molecule has 0 unspecified atom stereocenters. The monoisotopic (exact) mass is 410 g/mol. The first-order valence-corrected chi connectivity index (χ1v) is 10.4. The summed E-state index contributed by atoms with van der Waals surface area (Å²) in [4.78, 5) is 34.1. The first-order valence-electron chi connectivity index (χ1n) is 9.44. The number of para-hydroxylation sites is 2. The molecule has 0 atom stereocenters. The van der Waals surface area contributed by atoms with Crippen molar-refractivity contribution in [3.63, 3.8) is 0 Å². The zero-order chi connectivity index (χ0) is 20.5. The van der Waals surface area contributed by atoms with Gasteiger partial charge in [0.25, 0.3) is 5.56 Å². The minimum atomic E-state index is -0.297. The van der Waals surface area contributed by atoms with Crippen LogP contribution in [-0.2, 0) is 4.79 Å². The third-order valence-electron chi connectivity index (χ3n) is 4.80. The normalized spacial score (nSPS) is 13.5. The Bertz CT molecular complexity index is 1150. The van der Waals surface area contributed by atoms with E-state index < -0.39 is 0 Å². The average molecular weight is 410 g/mol. The van der Waals surface area contributed by atoms with Gasteiger partial charge < -0.3 is 14.6 Å². The molecule has 3 aromatic rings. The molecule has 4 rings (SSSR count). The zero-order valence-electron chi connectivity index (χ0n) is 16.6. The maximum atomic E-state index is 12.7. The van der Waals surface area contributed by atoms with Crippen LogP contribution in [0.1, 0.15) is 30.1 Å². The summed E-state index contributed by atoms with van der Waals surface area (Å²) in [6.45, 7) is 3.83. The molecule has 1 amide bonds. The van der Waals surface area contributed by atoms with Gasteiger partial charge in [-0.2, -0.15) is 4.98 Å². The molecule has 1 fully saturated rings. The molecule has 1 N–H and O–H groups in total. The van der Waals surface area contributed by atoms with Crippen LogP contribution in [0.4, 0.5) is 5.69 Å². The third-order valence-corrected chi connectivity index (χ3v) is 5.75. The summed E-state index contributed by atoms with van der Waals surface area (Å²) in [5, 5.41) is 3.95. The molecule has 1 saturated carbocycles. The van der Waals surface area contributed by atoms with Crippen LogP contribution in [0.2, 0.25) is 0 Å². The Kier molecular flexibility index (Phi) is 5.27. The number of fused-ring (bicyclic) bond motifs is 1. The molecule has 0 bridgehead atoms. The van der Waals surface area contributed by atoms with E-state index in [9.17, 15) is 9.59 Å². The van der Waals surface area contributed by atoms with Gasteiger partial charge in [-0.05, 0) is 50.5 Å². The fourth-order valence-electron chi connectivity index (χ4n) is 3.37. The summed E-state index contributed by atoms with van der Waals surface area (Å²) in [5.41, 5.74) is 2.72. The highest BCUT2D eigenvalue weighted by molar-refractivity contribution is 7.99. The van der Waals surface area contributed by atoms with E-state index in [4.69, 9.17) is 4.74 Å². The van der Waals surface area contributed by atoms with Crippen LogP contribution >= 0.6 is 11.8 Å². The van der Waals surface area contributed by atoms with Gasteiger partial charge in [-0.25, -0.2) is 4.98 Å². The predicted molar refractivity (Wildman–Crippen MR) is 114 cm³/mol. The highest BCUT2D eigenvalue weighted by Gasteiger charge is 2.29. The number of amides is 1. The molecule has 0 spiro atoms. The third kappa shape index (κ3) is 3.98. The largest absolute Gasteiger partial charge is 0.495 e. The van der Waals surface area contributed by atoms with E-state index in [0.29, 0.717) is 27.6 Å². The Morgan fingerprint density at radius 1 is 1.28 bits per heavy atom. The van der Waals surface area contributed by atoms with E-state index in [1.54, 1.807) is 19.2 Å². The van der Waals surface area contributed by atoms with Crippen molar-refractivity contribution in [3.8, 4) is 5.75 Å². The van der Waals surface area contributed by atoms with Gasteiger partial charge in [0.2, 0.25) is 5.91 Å². The molecule has 1 aliphatic rings. The minimum absolute atomic E-state index is 0.132. The lowest BCUT2D eigenvalue weighted by molar-refractivity contribution is -0.113. The highest BCUT2D eigenvalue weighted by atomic mass is 32.2. The lowest BCUT2D eigenvalue weighted by Gasteiger charge is -2.15. The van der Waals surface area contributed by atoms with E-state index in [-0.39, 0.29) is 23.3 Å². The van der Waals surface area contributed by atoms with E-state index in [1.165, 1.54) is 11.8 Å². The number of aryl methyl sites for hydroxylation is 2. The highest BCUT2D eigenvalue weighted by Crippen LogP contribution is 2.39. The number of pyridine rings is 1. The van der Waals surface area contributed by atoms with Crippen LogP contribution in [0, 0.1) is 13.8 Å². The molecule has 0 radical (unpaired) electrons. The number of carbonyl (C=O) groups is 1. The van der Waals surface area contributed by atoms with Gasteiger partial charge >= 0.3 is 0 Å². The number of methoxy groups -OCH3 is 1. The van der Waals surface area contributed by atoms with Crippen LogP contribution in [0.15, 0.2) is 40.3 Å². The van der Waals surface area contributed by atoms with Crippen molar-refractivity contribution in [1.82, 2.24) is 14.5 Å². The number of thioether (sulfide) groups is 1. The number of anilines is 1. The number of aromatic nitrogens is 3. The molecule has 150 valence electrons. The Morgan fingerprint density at radius 3 is 2.76 bits per heavy atom. The lowest BCUT2D eigenvalue weighted by atomic mass is 10.2. The fourth-order valence-corrected chi connectivity index (χ4v) is 4.23. The number of ether oxygens (including phenoxy) is 1. The predicted octanol–water partition coefficient (Wildman–Crippen LogP) is 3.48. The second-order valence-electron chi connectivity index (χ2n) is 7.12. The smallest absolute Gasteiger partial charge is 0.283 e. The number of benzene rings is 1. The second kappa shape index (κ2) is 7.87. The van der Waals surface area contributed by atoms with Crippen molar-refractivity contribution in [2.75, 3.05) is 18.2 Å². The summed E-state index contributed by atoms with van der Waals surface area (Å²) >= 11 is 1.26. The van der Waals surface area contributed by atoms with Crippen LogP contribution in [0.25, 0.3) is 11.0 Å².